The zero-order chi connectivity index (χ0) is 10.8. The number of halogens is 2. The standard InChI is InChI=1S/C10H10BrFN2O/c11-7-2-3-9(8(12)6-7)14-5-1-4-13-10(14)15/h2-3,6H,1,4-5H2,(H,13,15). The van der Waals surface area contributed by atoms with Gasteiger partial charge in [0, 0.05) is 17.6 Å². The lowest BCUT2D eigenvalue weighted by Crippen LogP contribution is -2.46. The predicted octanol–water partition coefficient (Wildman–Crippen LogP) is 2.51. The second-order valence-corrected chi connectivity index (χ2v) is 4.25. The highest BCUT2D eigenvalue weighted by Gasteiger charge is 2.21. The average molecular weight is 273 g/mol. The van der Waals surface area contributed by atoms with Crippen molar-refractivity contribution in [2.24, 2.45) is 0 Å². The number of anilines is 1. The number of rotatable bonds is 1. The van der Waals surface area contributed by atoms with E-state index in [1.165, 1.54) is 11.0 Å². The van der Waals surface area contributed by atoms with E-state index in [-0.39, 0.29) is 11.8 Å². The summed E-state index contributed by atoms with van der Waals surface area (Å²) in [5.74, 6) is -0.388. The highest BCUT2D eigenvalue weighted by atomic mass is 79.9. The molecule has 2 rings (SSSR count). The maximum atomic E-state index is 13.6. The molecule has 0 unspecified atom stereocenters. The first kappa shape index (κ1) is 10.4. The first-order valence-corrected chi connectivity index (χ1v) is 5.48. The summed E-state index contributed by atoms with van der Waals surface area (Å²) < 4.78 is 14.2. The number of hydrogen-bond donors (Lipinski definition) is 1. The third-order valence-corrected chi connectivity index (χ3v) is 2.77. The molecule has 0 bridgehead atoms. The average Bonchev–Trinajstić information content (AvgIpc) is 2.20. The van der Waals surface area contributed by atoms with Gasteiger partial charge < -0.3 is 5.32 Å². The minimum atomic E-state index is -0.388. The van der Waals surface area contributed by atoms with E-state index < -0.39 is 0 Å². The van der Waals surface area contributed by atoms with Crippen LogP contribution in [0.4, 0.5) is 14.9 Å². The lowest BCUT2D eigenvalue weighted by molar-refractivity contribution is 0.242. The van der Waals surface area contributed by atoms with Crippen LogP contribution in [0.1, 0.15) is 6.42 Å². The van der Waals surface area contributed by atoms with Gasteiger partial charge in [-0.2, -0.15) is 0 Å². The monoisotopic (exact) mass is 272 g/mol. The van der Waals surface area contributed by atoms with E-state index in [4.69, 9.17) is 0 Å². The van der Waals surface area contributed by atoms with E-state index in [1.807, 2.05) is 0 Å². The second kappa shape index (κ2) is 4.18. The van der Waals surface area contributed by atoms with Gasteiger partial charge in [0.25, 0.3) is 0 Å². The third kappa shape index (κ3) is 2.12. The number of amides is 2. The van der Waals surface area contributed by atoms with Crippen LogP contribution in [0, 0.1) is 5.82 Å². The first-order chi connectivity index (χ1) is 7.18. The largest absolute Gasteiger partial charge is 0.338 e. The van der Waals surface area contributed by atoms with Gasteiger partial charge in [-0.25, -0.2) is 9.18 Å². The van der Waals surface area contributed by atoms with Crippen molar-refractivity contribution in [3.63, 3.8) is 0 Å². The van der Waals surface area contributed by atoms with Gasteiger partial charge in [-0.3, -0.25) is 4.90 Å². The van der Waals surface area contributed by atoms with Crippen molar-refractivity contribution in [3.05, 3.63) is 28.5 Å². The van der Waals surface area contributed by atoms with Crippen molar-refractivity contribution >= 4 is 27.6 Å². The molecule has 1 aliphatic heterocycles. The Bertz CT molecular complexity index is 397. The molecule has 1 aliphatic rings. The van der Waals surface area contributed by atoms with Crippen molar-refractivity contribution in [1.29, 1.82) is 0 Å². The van der Waals surface area contributed by atoms with Crippen LogP contribution in [0.15, 0.2) is 22.7 Å². The minimum absolute atomic E-state index is 0.234. The van der Waals surface area contributed by atoms with Crippen LogP contribution >= 0.6 is 15.9 Å². The van der Waals surface area contributed by atoms with Gasteiger partial charge in [-0.05, 0) is 24.6 Å². The molecule has 0 aliphatic carbocycles. The van der Waals surface area contributed by atoms with Crippen LogP contribution in [-0.4, -0.2) is 19.1 Å². The zero-order valence-electron chi connectivity index (χ0n) is 7.96. The molecule has 15 heavy (non-hydrogen) atoms. The summed E-state index contributed by atoms with van der Waals surface area (Å²) in [6.45, 7) is 1.22. The molecule has 1 heterocycles. The first-order valence-electron chi connectivity index (χ1n) is 4.69. The molecular formula is C10H10BrFN2O. The molecule has 0 radical (unpaired) electrons. The summed E-state index contributed by atoms with van der Waals surface area (Å²) in [7, 11) is 0. The van der Waals surface area contributed by atoms with E-state index in [0.717, 1.165) is 6.42 Å². The van der Waals surface area contributed by atoms with Crippen molar-refractivity contribution in [3.8, 4) is 0 Å². The fraction of sp³-hybridized carbons (Fsp3) is 0.300. The smallest absolute Gasteiger partial charge is 0.321 e. The van der Waals surface area contributed by atoms with Gasteiger partial charge in [-0.15, -0.1) is 0 Å². The Morgan fingerprint density at radius 3 is 2.93 bits per heavy atom. The van der Waals surface area contributed by atoms with Crippen LogP contribution in [0.2, 0.25) is 0 Å². The lowest BCUT2D eigenvalue weighted by Gasteiger charge is -2.27. The number of urea groups is 1. The molecule has 1 fully saturated rings. The zero-order valence-corrected chi connectivity index (χ0v) is 9.55. The van der Waals surface area contributed by atoms with Crippen LogP contribution in [0.3, 0.4) is 0 Å². The van der Waals surface area contributed by atoms with E-state index in [0.29, 0.717) is 23.2 Å². The van der Waals surface area contributed by atoms with E-state index in [1.54, 1.807) is 12.1 Å². The molecule has 0 atom stereocenters. The van der Waals surface area contributed by atoms with E-state index >= 15 is 0 Å². The number of nitrogens with zero attached hydrogens (tertiary/aromatic N) is 1. The summed E-state index contributed by atoms with van der Waals surface area (Å²) in [5, 5.41) is 2.68. The number of nitrogens with one attached hydrogen (secondary N) is 1. The molecular weight excluding hydrogens is 263 g/mol. The molecule has 0 aromatic heterocycles. The SMILES string of the molecule is O=C1NCCCN1c1ccc(Br)cc1F. The maximum Gasteiger partial charge on any atom is 0.321 e. The van der Waals surface area contributed by atoms with Gasteiger partial charge in [0.1, 0.15) is 5.82 Å². The van der Waals surface area contributed by atoms with E-state index in [2.05, 4.69) is 21.2 Å². The number of carbonyl (C=O) groups excluding carboxylic acids is 1. The molecule has 2 amide bonds. The topological polar surface area (TPSA) is 32.3 Å². The Kier molecular flexibility index (Phi) is 2.90. The van der Waals surface area contributed by atoms with Gasteiger partial charge in [0.15, 0.2) is 0 Å². The van der Waals surface area contributed by atoms with Gasteiger partial charge in [-0.1, -0.05) is 15.9 Å². The molecule has 1 saturated heterocycles. The van der Waals surface area contributed by atoms with Crippen molar-refractivity contribution < 1.29 is 9.18 Å². The third-order valence-electron chi connectivity index (χ3n) is 2.28. The van der Waals surface area contributed by atoms with Crippen molar-refractivity contribution in [2.45, 2.75) is 6.42 Å². The fourth-order valence-electron chi connectivity index (χ4n) is 1.56. The van der Waals surface area contributed by atoms with Crippen LogP contribution < -0.4 is 10.2 Å². The van der Waals surface area contributed by atoms with Crippen LogP contribution in [0.25, 0.3) is 0 Å². The van der Waals surface area contributed by atoms with Crippen LogP contribution in [0.5, 0.6) is 0 Å². The van der Waals surface area contributed by atoms with Crippen molar-refractivity contribution in [2.75, 3.05) is 18.0 Å². The number of benzene rings is 1. The second-order valence-electron chi connectivity index (χ2n) is 3.33. The van der Waals surface area contributed by atoms with Crippen LogP contribution in [-0.2, 0) is 0 Å². The minimum Gasteiger partial charge on any atom is -0.338 e. The molecule has 0 spiro atoms. The normalized spacial score (nSPS) is 16.4. The van der Waals surface area contributed by atoms with E-state index in [9.17, 15) is 9.18 Å². The molecule has 1 aromatic carbocycles. The molecule has 3 nitrogen and oxygen atoms in total. The van der Waals surface area contributed by atoms with Crippen molar-refractivity contribution in [1.82, 2.24) is 5.32 Å². The summed E-state index contributed by atoms with van der Waals surface area (Å²) in [6, 6.07) is 4.45. The van der Waals surface area contributed by atoms with Gasteiger partial charge >= 0.3 is 6.03 Å². The molecule has 1 N–H and O–H groups in total. The van der Waals surface area contributed by atoms with Gasteiger partial charge in [0.2, 0.25) is 0 Å². The summed E-state index contributed by atoms with van der Waals surface area (Å²) in [5.41, 5.74) is 0.329. The Balaban J connectivity index is 2.31. The Morgan fingerprint density at radius 2 is 2.27 bits per heavy atom. The Morgan fingerprint density at radius 1 is 1.47 bits per heavy atom. The number of hydrogen-bond acceptors (Lipinski definition) is 1. The Hall–Kier alpha value is -1.10. The maximum absolute atomic E-state index is 13.6. The lowest BCUT2D eigenvalue weighted by atomic mass is 10.2. The summed E-state index contributed by atoms with van der Waals surface area (Å²) >= 11 is 3.18. The van der Waals surface area contributed by atoms with Gasteiger partial charge in [0.05, 0.1) is 5.69 Å². The Labute approximate surface area is 95.4 Å². The summed E-state index contributed by atoms with van der Waals surface area (Å²) in [6.07, 6.45) is 0.835. The summed E-state index contributed by atoms with van der Waals surface area (Å²) in [4.78, 5) is 12.9. The molecule has 0 saturated carbocycles. The quantitative estimate of drug-likeness (QED) is 0.837. The number of carbonyl (C=O) groups is 1. The highest BCUT2D eigenvalue weighted by Crippen LogP contribution is 2.24. The predicted molar refractivity (Wildman–Crippen MR) is 59.5 cm³/mol. The molecule has 5 heteroatoms. The highest BCUT2D eigenvalue weighted by molar-refractivity contribution is 9.10. The fourth-order valence-corrected chi connectivity index (χ4v) is 1.89. The molecule has 80 valence electrons. The molecule has 1 aromatic rings.